The number of carbonyl (C=O) groups excluding carboxylic acids is 3. The van der Waals surface area contributed by atoms with Gasteiger partial charge in [-0.2, -0.15) is 0 Å². The number of H-pyrrole nitrogens is 2. The number of carbonyl (C=O) groups is 3. The van der Waals surface area contributed by atoms with Gasteiger partial charge in [0.05, 0.1) is 67.9 Å². The summed E-state index contributed by atoms with van der Waals surface area (Å²) < 4.78 is 45.3. The normalized spacial score (nSPS) is 15.2. The second kappa shape index (κ2) is 18.7. The van der Waals surface area contributed by atoms with Gasteiger partial charge in [0.2, 0.25) is 0 Å². The van der Waals surface area contributed by atoms with Gasteiger partial charge in [-0.1, -0.05) is 0 Å². The quantitative estimate of drug-likeness (QED) is 0.117. The maximum Gasteiger partial charge on any atom is 0.261 e. The van der Waals surface area contributed by atoms with E-state index in [2.05, 4.69) is 25.6 Å². The number of rotatable bonds is 16. The fourth-order valence-electron chi connectivity index (χ4n) is 8.09. The highest BCUT2D eigenvalue weighted by molar-refractivity contribution is 7.90. The number of benzene rings is 2. The first kappa shape index (κ1) is 46.7. The maximum atomic E-state index is 12.9. The predicted molar refractivity (Wildman–Crippen MR) is 250 cm³/mol. The molecule has 4 aliphatic rings. The number of hydrogen-bond acceptors (Lipinski definition) is 15. The van der Waals surface area contributed by atoms with Gasteiger partial charge in [-0.3, -0.25) is 38.9 Å². The summed E-state index contributed by atoms with van der Waals surface area (Å²) in [5.41, 5.74) is 8.42. The molecule has 0 atom stereocenters. The number of fused-ring (bicyclic) bond motifs is 4. The van der Waals surface area contributed by atoms with Crippen molar-refractivity contribution in [1.29, 1.82) is 0 Å². The number of aromatic nitrogens is 2. The van der Waals surface area contributed by atoms with Crippen molar-refractivity contribution in [3.8, 4) is 0 Å². The number of imide groups is 1. The summed E-state index contributed by atoms with van der Waals surface area (Å²) in [6.07, 6.45) is 6.42. The highest BCUT2D eigenvalue weighted by Gasteiger charge is 2.38. The molecule has 0 aliphatic carbocycles. The summed E-state index contributed by atoms with van der Waals surface area (Å²) in [6.45, 7) is 2.91. The number of nitrogens with zero attached hydrogens (tertiary/aromatic N) is 6. The molecule has 0 bridgehead atoms. The van der Waals surface area contributed by atoms with Crippen molar-refractivity contribution in [2.45, 2.75) is 19.4 Å². The Hall–Kier alpha value is -6.29. The molecule has 4 N–H and O–H groups in total. The number of anilines is 2. The van der Waals surface area contributed by atoms with Gasteiger partial charge in [0.1, 0.15) is 19.7 Å². The van der Waals surface area contributed by atoms with Crippen molar-refractivity contribution in [1.82, 2.24) is 29.6 Å². The van der Waals surface area contributed by atoms with Gasteiger partial charge in [0, 0.05) is 103 Å². The van der Waals surface area contributed by atoms with Crippen LogP contribution < -0.4 is 21.8 Å². The largest absolute Gasteiger partial charge is 0.387 e. The molecule has 3 amide bonds. The van der Waals surface area contributed by atoms with E-state index < -0.39 is 25.6 Å². The number of pyridine rings is 2. The van der Waals surface area contributed by atoms with E-state index in [1.54, 1.807) is 67.6 Å². The lowest BCUT2D eigenvalue weighted by Gasteiger charge is -2.21. The number of likely N-dealkylation sites (N-methyl/N-ethyl adjacent to an activating group) is 2. The summed E-state index contributed by atoms with van der Waals surface area (Å²) >= 11 is 0. The zero-order chi connectivity index (χ0) is 47.0. The molecule has 0 spiro atoms. The SMILES string of the molecule is CNc1cc[nH]c(=O)c1C1=Nc2cc3c(cc2C1)C(=O)N(CCN(C)CCS(C)(=O)=O)C3.CNc1cc[nH]c(=O)c1C1=Nc2cc3c(cc2C1)C(=O)N(CCN(C)CCS(C)(=O)=O)C3=O. The van der Waals surface area contributed by atoms with Crippen LogP contribution in [-0.4, -0.2) is 167 Å². The third kappa shape index (κ3) is 10.3. The van der Waals surface area contributed by atoms with Gasteiger partial charge in [0.25, 0.3) is 28.8 Å². The van der Waals surface area contributed by atoms with Gasteiger partial charge in [0.15, 0.2) is 0 Å². The van der Waals surface area contributed by atoms with Crippen molar-refractivity contribution in [3.63, 3.8) is 0 Å². The molecule has 65 heavy (non-hydrogen) atoms. The molecule has 19 nitrogen and oxygen atoms in total. The fourth-order valence-corrected chi connectivity index (χ4v) is 9.38. The number of aromatic amines is 2. The molecule has 2 aromatic heterocycles. The highest BCUT2D eigenvalue weighted by atomic mass is 32.2. The maximum absolute atomic E-state index is 12.9. The Kier molecular flexibility index (Phi) is 13.4. The topological polar surface area (TPSA) is 247 Å². The Balaban J connectivity index is 0.000000194. The van der Waals surface area contributed by atoms with Gasteiger partial charge in [-0.05, 0) is 67.2 Å². The minimum Gasteiger partial charge on any atom is -0.387 e. The van der Waals surface area contributed by atoms with Crippen LogP contribution in [0.2, 0.25) is 0 Å². The molecule has 2 aromatic carbocycles. The van der Waals surface area contributed by atoms with Crippen molar-refractivity contribution in [2.24, 2.45) is 9.98 Å². The van der Waals surface area contributed by atoms with Crippen LogP contribution in [0, 0.1) is 0 Å². The predicted octanol–water partition coefficient (Wildman–Crippen LogP) is 1.69. The van der Waals surface area contributed by atoms with E-state index in [1.807, 2.05) is 24.1 Å². The van der Waals surface area contributed by atoms with Crippen LogP contribution in [0.4, 0.5) is 22.7 Å². The molecule has 344 valence electrons. The molecule has 21 heteroatoms. The summed E-state index contributed by atoms with van der Waals surface area (Å²) in [4.78, 5) is 84.9. The number of hydrogen-bond donors (Lipinski definition) is 4. The minimum atomic E-state index is -3.09. The van der Waals surface area contributed by atoms with Gasteiger partial charge < -0.3 is 35.3 Å². The van der Waals surface area contributed by atoms with Crippen molar-refractivity contribution < 1.29 is 31.2 Å². The summed E-state index contributed by atoms with van der Waals surface area (Å²) in [5, 5.41) is 6.03. The second-order valence-corrected chi connectivity index (χ2v) is 21.2. The van der Waals surface area contributed by atoms with Crippen LogP contribution in [0.15, 0.2) is 68.4 Å². The molecule has 6 heterocycles. The van der Waals surface area contributed by atoms with Crippen LogP contribution >= 0.6 is 0 Å². The smallest absolute Gasteiger partial charge is 0.261 e. The Bertz CT molecular complexity index is 3010. The molecular weight excluding hydrogens is 877 g/mol. The number of aliphatic imine (C=N–C) groups is 2. The number of nitrogens with one attached hydrogen (secondary N) is 4. The number of amides is 3. The fraction of sp³-hybridized carbons (Fsp3) is 0.386. The molecule has 8 rings (SSSR count). The van der Waals surface area contributed by atoms with E-state index in [9.17, 15) is 40.8 Å². The van der Waals surface area contributed by atoms with E-state index in [1.165, 1.54) is 17.4 Å². The highest BCUT2D eigenvalue weighted by Crippen LogP contribution is 2.37. The lowest BCUT2D eigenvalue weighted by molar-refractivity contribution is 0.0641. The van der Waals surface area contributed by atoms with Crippen molar-refractivity contribution >= 4 is 71.6 Å². The molecule has 4 aliphatic heterocycles. The average molecular weight is 929 g/mol. The summed E-state index contributed by atoms with van der Waals surface area (Å²) in [5.74, 6) is -0.688. The molecule has 0 unspecified atom stereocenters. The van der Waals surface area contributed by atoms with Crippen LogP contribution in [0.1, 0.15) is 58.9 Å². The summed E-state index contributed by atoms with van der Waals surface area (Å²) in [7, 11) is 0.996. The lowest BCUT2D eigenvalue weighted by Crippen LogP contribution is -2.38. The van der Waals surface area contributed by atoms with Crippen LogP contribution in [0.3, 0.4) is 0 Å². The molecule has 4 aromatic rings. The van der Waals surface area contributed by atoms with Gasteiger partial charge >= 0.3 is 0 Å². The zero-order valence-corrected chi connectivity index (χ0v) is 38.7. The van der Waals surface area contributed by atoms with Crippen LogP contribution in [-0.2, 0) is 39.1 Å². The third-order valence-corrected chi connectivity index (χ3v) is 13.6. The van der Waals surface area contributed by atoms with Gasteiger partial charge in [-0.15, -0.1) is 0 Å². The number of sulfone groups is 2. The monoisotopic (exact) mass is 928 g/mol. The minimum absolute atomic E-state index is 0.0121. The Morgan fingerprint density at radius 1 is 0.615 bits per heavy atom. The third-order valence-electron chi connectivity index (χ3n) is 11.8. The van der Waals surface area contributed by atoms with Crippen LogP contribution in [0.25, 0.3) is 0 Å². The zero-order valence-electron chi connectivity index (χ0n) is 37.1. The Labute approximate surface area is 376 Å². The molecule has 0 fully saturated rings. The second-order valence-electron chi connectivity index (χ2n) is 16.7. The van der Waals surface area contributed by atoms with Gasteiger partial charge in [-0.25, -0.2) is 16.8 Å². The lowest BCUT2D eigenvalue weighted by atomic mass is 10.00. The first-order valence-electron chi connectivity index (χ1n) is 20.9. The Morgan fingerprint density at radius 3 is 1.57 bits per heavy atom. The Morgan fingerprint density at radius 2 is 1.08 bits per heavy atom. The van der Waals surface area contributed by atoms with Crippen molar-refractivity contribution in [2.75, 3.05) is 102 Å². The average Bonchev–Trinajstić information content (AvgIpc) is 4.00. The standard InChI is InChI=1S/C22H25N5O5S.C22H27N5O4S/c1-23-16-4-5-24-20(28)19(16)18-11-13-10-14-15(12-17(13)25-18)22(30)27(21(14)29)7-6-26(2)8-9-33(3,31)32;1-23-17-4-5-24-21(28)20(17)19-11-14-10-16-15(12-18(14)25-19)13-27(22(16)29)7-6-26(2)8-9-32(3,30)31/h4-5,10,12H,6-9,11H2,1-3H3,(H2,23,24,28);4-5,10,12H,6-9,11,13H2,1-3H3,(H2,23,24,28). The van der Waals surface area contributed by atoms with E-state index in [0.29, 0.717) is 103 Å². The molecule has 0 radical (unpaired) electrons. The van der Waals surface area contributed by atoms with E-state index >= 15 is 0 Å². The van der Waals surface area contributed by atoms with E-state index in [0.717, 1.165) is 28.1 Å². The van der Waals surface area contributed by atoms with Crippen LogP contribution in [0.5, 0.6) is 0 Å². The molecule has 0 saturated carbocycles. The first-order chi connectivity index (χ1) is 30.7. The van der Waals surface area contributed by atoms with Crippen molar-refractivity contribution in [3.05, 3.63) is 114 Å². The molecule has 0 saturated heterocycles. The van der Waals surface area contributed by atoms with E-state index in [4.69, 9.17) is 4.99 Å². The van der Waals surface area contributed by atoms with E-state index in [-0.39, 0.29) is 41.0 Å². The first-order valence-corrected chi connectivity index (χ1v) is 25.0. The summed E-state index contributed by atoms with van der Waals surface area (Å²) in [6, 6.07) is 10.7. The molecular formula is C44H52N10O9S2.